The Balaban J connectivity index is 5.16. The largest absolute Gasteiger partial charge is 0.381 e. The van der Waals surface area contributed by atoms with E-state index in [2.05, 4.69) is 6.58 Å². The molecule has 16 heavy (non-hydrogen) atoms. The molecule has 0 amide bonds. The number of rotatable bonds is 7. The van der Waals surface area contributed by atoms with Gasteiger partial charge in [-0.25, -0.2) is 4.79 Å². The molecule has 1 atom stereocenters. The van der Waals surface area contributed by atoms with Gasteiger partial charge in [0.2, 0.25) is 0 Å². The Bertz CT molecular complexity index is 240. The average molecular weight is 230 g/mol. The first-order valence-corrected chi connectivity index (χ1v) is 5.89. The molecule has 0 bridgehead atoms. The summed E-state index contributed by atoms with van der Waals surface area (Å²) in [4.78, 5) is 11.3. The zero-order valence-electron chi connectivity index (χ0n) is 10.8. The van der Waals surface area contributed by atoms with Gasteiger partial charge >= 0.3 is 11.9 Å². The summed E-state index contributed by atoms with van der Waals surface area (Å²) in [7, 11) is 0. The Morgan fingerprint density at radius 3 is 2.00 bits per heavy atom. The number of nitrogens with zero attached hydrogens (tertiary/aromatic N) is 1. The molecule has 0 radical (unpaired) electrons. The lowest BCUT2D eigenvalue weighted by atomic mass is 10.2. The van der Waals surface area contributed by atoms with Crippen LogP contribution in [0.1, 0.15) is 34.1 Å². The van der Waals surface area contributed by atoms with Crippen LogP contribution in [0, 0.1) is 0 Å². The van der Waals surface area contributed by atoms with Crippen molar-refractivity contribution in [1.29, 1.82) is 0 Å². The van der Waals surface area contributed by atoms with Crippen molar-refractivity contribution in [2.24, 2.45) is 0 Å². The van der Waals surface area contributed by atoms with Crippen LogP contribution in [-0.4, -0.2) is 41.1 Å². The zero-order valence-corrected chi connectivity index (χ0v) is 10.8. The highest BCUT2D eigenvalue weighted by molar-refractivity contribution is 5.81. The third kappa shape index (κ3) is 2.62. The lowest BCUT2D eigenvalue weighted by molar-refractivity contribution is -1.02. The van der Waals surface area contributed by atoms with Crippen molar-refractivity contribution in [2.45, 2.75) is 40.0 Å². The maximum Gasteiger partial charge on any atom is 0.360 e. The lowest BCUT2D eigenvalue weighted by Crippen LogP contribution is -2.66. The van der Waals surface area contributed by atoms with Crippen LogP contribution in [-0.2, 0) is 9.53 Å². The quantitative estimate of drug-likeness (QED) is 0.313. The number of aliphatic hydroxyl groups is 1. The number of hydrogen-bond donors (Lipinski definition) is 1. The van der Waals surface area contributed by atoms with Crippen LogP contribution < -0.4 is 0 Å². The molecule has 4 nitrogen and oxygen atoms in total. The van der Waals surface area contributed by atoms with Crippen molar-refractivity contribution < 1.29 is 19.1 Å². The predicted molar refractivity (Wildman–Crippen MR) is 63.4 cm³/mol. The fraction of sp³-hybridized carbons (Fsp3) is 0.750. The minimum atomic E-state index is -1.45. The summed E-state index contributed by atoms with van der Waals surface area (Å²) in [5.41, 5.74) is 0. The van der Waals surface area contributed by atoms with Crippen molar-refractivity contribution in [1.82, 2.24) is 0 Å². The number of ether oxygens (including phenoxy) is 1. The van der Waals surface area contributed by atoms with Gasteiger partial charge in [-0.05, 0) is 20.8 Å². The molecule has 0 heterocycles. The zero-order chi connectivity index (χ0) is 12.8. The first-order valence-electron chi connectivity index (χ1n) is 5.89. The minimum absolute atomic E-state index is 0.350. The van der Waals surface area contributed by atoms with Crippen LogP contribution in [0.5, 0.6) is 0 Å². The van der Waals surface area contributed by atoms with E-state index in [0.29, 0.717) is 30.5 Å². The van der Waals surface area contributed by atoms with E-state index in [4.69, 9.17) is 4.74 Å². The first kappa shape index (κ1) is 15.1. The Morgan fingerprint density at radius 1 is 1.31 bits per heavy atom. The summed E-state index contributed by atoms with van der Waals surface area (Å²) >= 11 is 0. The van der Waals surface area contributed by atoms with Gasteiger partial charge in [0, 0.05) is 6.08 Å². The van der Waals surface area contributed by atoms with Crippen molar-refractivity contribution >= 4 is 5.97 Å². The molecule has 0 aromatic carbocycles. The highest BCUT2D eigenvalue weighted by Crippen LogP contribution is 2.27. The molecule has 0 rings (SSSR count). The second-order valence-electron chi connectivity index (χ2n) is 3.82. The Hall–Kier alpha value is -0.870. The summed E-state index contributed by atoms with van der Waals surface area (Å²) in [5, 5.41) is 10.5. The molecule has 0 aliphatic rings. The molecule has 1 N–H and O–H groups in total. The third-order valence-corrected chi connectivity index (χ3v) is 3.45. The molecule has 4 heteroatoms. The summed E-state index contributed by atoms with van der Waals surface area (Å²) in [6.07, 6.45) is 1.44. The van der Waals surface area contributed by atoms with Gasteiger partial charge in [-0.15, -0.1) is 0 Å². The van der Waals surface area contributed by atoms with Gasteiger partial charge in [-0.3, -0.25) is 4.48 Å². The van der Waals surface area contributed by atoms with Crippen LogP contribution in [0.4, 0.5) is 0 Å². The SMILES string of the molecule is C=CC(=O)OC(O)(CC)[N+](CC)(CC)CC. The van der Waals surface area contributed by atoms with E-state index in [0.717, 1.165) is 6.08 Å². The standard InChI is InChI=1S/C12H24NO3/c1-6-11(14)16-12(15,7-2)13(8-3,9-4)10-5/h6,15H,1,7-10H2,2-5H3/q+1. The van der Waals surface area contributed by atoms with Gasteiger partial charge in [0.25, 0.3) is 0 Å². The lowest BCUT2D eigenvalue weighted by Gasteiger charge is -2.46. The topological polar surface area (TPSA) is 46.5 Å². The highest BCUT2D eigenvalue weighted by atomic mass is 16.7. The van der Waals surface area contributed by atoms with Crippen molar-refractivity contribution in [3.8, 4) is 0 Å². The molecule has 0 aromatic heterocycles. The van der Waals surface area contributed by atoms with Gasteiger partial charge in [-0.2, -0.15) is 0 Å². The van der Waals surface area contributed by atoms with Gasteiger partial charge in [-0.1, -0.05) is 13.5 Å². The van der Waals surface area contributed by atoms with E-state index in [1.54, 1.807) is 0 Å². The summed E-state index contributed by atoms with van der Waals surface area (Å²) in [6, 6.07) is 0. The fourth-order valence-electron chi connectivity index (χ4n) is 2.12. The monoisotopic (exact) mass is 230 g/mol. The van der Waals surface area contributed by atoms with Gasteiger partial charge in [0.15, 0.2) is 0 Å². The molecule has 0 aliphatic heterocycles. The number of esters is 1. The van der Waals surface area contributed by atoms with Gasteiger partial charge < -0.3 is 9.84 Å². The van der Waals surface area contributed by atoms with E-state index < -0.39 is 11.9 Å². The molecule has 1 unspecified atom stereocenters. The van der Waals surface area contributed by atoms with E-state index in [1.165, 1.54) is 0 Å². The second kappa shape index (κ2) is 6.01. The molecular formula is C12H24NO3+. The van der Waals surface area contributed by atoms with E-state index in [-0.39, 0.29) is 0 Å². The van der Waals surface area contributed by atoms with Crippen LogP contribution in [0.15, 0.2) is 12.7 Å². The molecule has 0 aromatic rings. The predicted octanol–water partition coefficient (Wildman–Crippen LogP) is 1.65. The minimum Gasteiger partial charge on any atom is -0.381 e. The number of carbonyl (C=O) groups excluding carboxylic acids is 1. The number of hydrogen-bond acceptors (Lipinski definition) is 3. The van der Waals surface area contributed by atoms with Crippen molar-refractivity contribution in [3.05, 3.63) is 12.7 Å². The molecule has 0 saturated carbocycles. The second-order valence-corrected chi connectivity index (χ2v) is 3.82. The van der Waals surface area contributed by atoms with Crippen molar-refractivity contribution in [2.75, 3.05) is 19.6 Å². The van der Waals surface area contributed by atoms with E-state index >= 15 is 0 Å². The Morgan fingerprint density at radius 2 is 1.75 bits per heavy atom. The van der Waals surface area contributed by atoms with Crippen LogP contribution in [0.25, 0.3) is 0 Å². The van der Waals surface area contributed by atoms with Crippen molar-refractivity contribution in [3.63, 3.8) is 0 Å². The Kier molecular flexibility index (Phi) is 5.68. The summed E-state index contributed by atoms with van der Waals surface area (Å²) < 4.78 is 5.50. The first-order chi connectivity index (χ1) is 7.45. The van der Waals surface area contributed by atoms with Crippen LogP contribution >= 0.6 is 0 Å². The highest BCUT2D eigenvalue weighted by Gasteiger charge is 2.49. The maximum absolute atomic E-state index is 11.3. The third-order valence-electron chi connectivity index (χ3n) is 3.45. The normalized spacial score (nSPS) is 15.3. The summed E-state index contributed by atoms with van der Waals surface area (Å²) in [6.45, 7) is 13.2. The molecular weight excluding hydrogens is 206 g/mol. The molecule has 0 aliphatic carbocycles. The molecule has 0 fully saturated rings. The maximum atomic E-state index is 11.3. The molecule has 94 valence electrons. The van der Waals surface area contributed by atoms with E-state index in [9.17, 15) is 9.90 Å². The fourth-order valence-corrected chi connectivity index (χ4v) is 2.12. The smallest absolute Gasteiger partial charge is 0.360 e. The number of carbonyl (C=O) groups is 1. The molecule has 0 saturated heterocycles. The Labute approximate surface area is 98.1 Å². The van der Waals surface area contributed by atoms with Crippen LogP contribution in [0.2, 0.25) is 0 Å². The number of quaternary nitrogens is 1. The van der Waals surface area contributed by atoms with Gasteiger partial charge in [0.05, 0.1) is 26.1 Å². The summed E-state index contributed by atoms with van der Waals surface area (Å²) in [5.74, 6) is -2.04. The average Bonchev–Trinajstić information content (AvgIpc) is 2.31. The van der Waals surface area contributed by atoms with E-state index in [1.807, 2.05) is 27.7 Å². The van der Waals surface area contributed by atoms with Crippen LogP contribution in [0.3, 0.4) is 0 Å². The molecule has 0 spiro atoms. The van der Waals surface area contributed by atoms with Gasteiger partial charge in [0.1, 0.15) is 0 Å².